The number of carbonyl (C=O) groups is 2. The topological polar surface area (TPSA) is 72.0 Å². The van der Waals surface area contributed by atoms with Gasteiger partial charge >= 0.3 is 0 Å². The molecule has 1 N–H and O–H groups in total. The zero-order valence-electron chi connectivity index (χ0n) is 11.5. The molecule has 112 valence electrons. The summed E-state index contributed by atoms with van der Waals surface area (Å²) in [6, 6.07) is 7.91. The van der Waals surface area contributed by atoms with Gasteiger partial charge in [0.2, 0.25) is 5.91 Å². The van der Waals surface area contributed by atoms with Crippen molar-refractivity contribution in [2.45, 2.75) is 6.92 Å². The molecule has 0 radical (unpaired) electrons. The van der Waals surface area contributed by atoms with Crippen LogP contribution in [0.2, 0.25) is 0 Å². The first-order valence-corrected chi connectivity index (χ1v) is 9.04. The summed E-state index contributed by atoms with van der Waals surface area (Å²) in [6.45, 7) is 1.44. The molecule has 22 heavy (non-hydrogen) atoms. The van der Waals surface area contributed by atoms with Crippen LogP contribution >= 0.6 is 34.4 Å². The molecule has 0 unspecified atom stereocenters. The van der Waals surface area contributed by atoms with Gasteiger partial charge in [0.25, 0.3) is 0 Å². The Morgan fingerprint density at radius 1 is 1.27 bits per heavy atom. The summed E-state index contributed by atoms with van der Waals surface area (Å²) >= 11 is 3.90. The first kappa shape index (κ1) is 15.1. The largest absolute Gasteiger partial charge is 0.301 e. The Hall–Kier alpha value is -1.77. The van der Waals surface area contributed by atoms with E-state index in [9.17, 15) is 9.59 Å². The van der Waals surface area contributed by atoms with E-state index in [-0.39, 0.29) is 16.8 Å². The Labute approximate surface area is 138 Å². The first-order valence-electron chi connectivity index (χ1n) is 6.36. The van der Waals surface area contributed by atoms with Gasteiger partial charge in [0.1, 0.15) is 10.7 Å². The molecule has 3 aromatic rings. The minimum absolute atomic E-state index is 0.0792. The molecule has 1 amide bonds. The van der Waals surface area contributed by atoms with E-state index in [1.165, 1.54) is 18.3 Å². The third kappa shape index (κ3) is 3.52. The maximum absolute atomic E-state index is 11.7. The minimum Gasteiger partial charge on any atom is -0.301 e. The van der Waals surface area contributed by atoms with E-state index in [1.54, 1.807) is 11.3 Å². The monoisotopic (exact) mass is 349 g/mol. The number of anilines is 1. The van der Waals surface area contributed by atoms with Gasteiger partial charge in [-0.15, -0.1) is 22.7 Å². The molecule has 0 saturated heterocycles. The predicted molar refractivity (Wildman–Crippen MR) is 92.5 cm³/mol. The molecular formula is C14H11N3O2S3. The number of hydrogen-bond donors (Lipinski definition) is 1. The van der Waals surface area contributed by atoms with Crippen LogP contribution < -0.4 is 5.32 Å². The summed E-state index contributed by atoms with van der Waals surface area (Å²) in [4.78, 5) is 31.4. The fourth-order valence-corrected chi connectivity index (χ4v) is 3.85. The van der Waals surface area contributed by atoms with Crippen molar-refractivity contribution in [3.8, 4) is 10.7 Å². The summed E-state index contributed by atoms with van der Waals surface area (Å²) in [7, 11) is 0. The van der Waals surface area contributed by atoms with Gasteiger partial charge in [0, 0.05) is 12.3 Å². The van der Waals surface area contributed by atoms with Crippen LogP contribution in [0.3, 0.4) is 0 Å². The van der Waals surface area contributed by atoms with Crippen molar-refractivity contribution in [2.24, 2.45) is 0 Å². The highest BCUT2D eigenvalue weighted by Gasteiger charge is 2.12. The quantitative estimate of drug-likeness (QED) is 0.778. The second-order valence-corrected chi connectivity index (χ2v) is 7.39. The van der Waals surface area contributed by atoms with Crippen LogP contribution in [0.5, 0.6) is 0 Å². The number of thioether (sulfide) groups is 1. The van der Waals surface area contributed by atoms with Gasteiger partial charge in [-0.3, -0.25) is 9.59 Å². The Balaban J connectivity index is 1.73. The van der Waals surface area contributed by atoms with Crippen molar-refractivity contribution < 1.29 is 9.59 Å². The van der Waals surface area contributed by atoms with Gasteiger partial charge in [-0.25, -0.2) is 9.97 Å². The van der Waals surface area contributed by atoms with E-state index in [1.807, 2.05) is 29.6 Å². The average Bonchev–Trinajstić information content (AvgIpc) is 3.11. The standard InChI is InChI=1S/C14H11N3O2S3/c1-8(18)20-7-12(19)17-14-16-10(6-21-14)13-15-9-4-2-3-5-11(9)22-13/h2-6H,7H2,1H3,(H,16,17,19). The van der Waals surface area contributed by atoms with E-state index in [4.69, 9.17) is 0 Å². The van der Waals surface area contributed by atoms with E-state index >= 15 is 0 Å². The van der Waals surface area contributed by atoms with Gasteiger partial charge in [-0.2, -0.15) is 0 Å². The first-order chi connectivity index (χ1) is 10.6. The third-order valence-corrected chi connectivity index (χ3v) is 5.30. The van der Waals surface area contributed by atoms with Crippen molar-refractivity contribution in [1.82, 2.24) is 9.97 Å². The highest BCUT2D eigenvalue weighted by atomic mass is 32.2. The number of carbonyl (C=O) groups excluding carboxylic acids is 2. The summed E-state index contributed by atoms with van der Waals surface area (Å²) in [6.07, 6.45) is 0. The van der Waals surface area contributed by atoms with Crippen molar-refractivity contribution in [1.29, 1.82) is 0 Å². The fraction of sp³-hybridized carbons (Fsp3) is 0.143. The van der Waals surface area contributed by atoms with Crippen LogP contribution in [-0.2, 0) is 9.59 Å². The fourth-order valence-electron chi connectivity index (χ4n) is 1.73. The second kappa shape index (κ2) is 6.55. The molecule has 0 bridgehead atoms. The number of benzene rings is 1. The number of nitrogens with one attached hydrogen (secondary N) is 1. The van der Waals surface area contributed by atoms with Gasteiger partial charge in [-0.1, -0.05) is 23.9 Å². The molecule has 5 nitrogen and oxygen atoms in total. The lowest BCUT2D eigenvalue weighted by atomic mass is 10.3. The molecule has 2 aromatic heterocycles. The van der Waals surface area contributed by atoms with Crippen LogP contribution in [0.15, 0.2) is 29.6 Å². The highest BCUT2D eigenvalue weighted by Crippen LogP contribution is 2.31. The number of hydrogen-bond acceptors (Lipinski definition) is 7. The van der Waals surface area contributed by atoms with Crippen LogP contribution in [0, 0.1) is 0 Å². The Morgan fingerprint density at radius 3 is 2.86 bits per heavy atom. The summed E-state index contributed by atoms with van der Waals surface area (Å²) < 4.78 is 1.11. The van der Waals surface area contributed by atoms with Crippen molar-refractivity contribution in [2.75, 3.05) is 11.1 Å². The van der Waals surface area contributed by atoms with Gasteiger partial charge < -0.3 is 5.32 Å². The molecule has 0 aliphatic heterocycles. The van der Waals surface area contributed by atoms with Crippen LogP contribution in [0.25, 0.3) is 20.9 Å². The molecule has 0 saturated carbocycles. The van der Waals surface area contributed by atoms with Gasteiger partial charge in [0.05, 0.1) is 16.0 Å². The van der Waals surface area contributed by atoms with Crippen LogP contribution in [0.1, 0.15) is 6.92 Å². The predicted octanol–water partition coefficient (Wildman–Crippen LogP) is 3.64. The Bertz CT molecular complexity index is 808. The van der Waals surface area contributed by atoms with Crippen molar-refractivity contribution in [3.05, 3.63) is 29.6 Å². The summed E-state index contributed by atoms with van der Waals surface area (Å²) in [5.41, 5.74) is 1.69. The van der Waals surface area contributed by atoms with Gasteiger partial charge in [0.15, 0.2) is 10.2 Å². The lowest BCUT2D eigenvalue weighted by Gasteiger charge is -1.98. The van der Waals surface area contributed by atoms with Crippen LogP contribution in [-0.4, -0.2) is 26.7 Å². The smallest absolute Gasteiger partial charge is 0.236 e. The highest BCUT2D eigenvalue weighted by molar-refractivity contribution is 8.14. The van der Waals surface area contributed by atoms with E-state index in [2.05, 4.69) is 15.3 Å². The minimum atomic E-state index is -0.231. The molecule has 0 fully saturated rings. The van der Waals surface area contributed by atoms with Crippen molar-refractivity contribution in [3.63, 3.8) is 0 Å². The Morgan fingerprint density at radius 2 is 2.09 bits per heavy atom. The van der Waals surface area contributed by atoms with E-state index in [0.29, 0.717) is 5.13 Å². The molecule has 0 aliphatic carbocycles. The zero-order chi connectivity index (χ0) is 15.5. The molecule has 0 spiro atoms. The number of rotatable bonds is 4. The summed E-state index contributed by atoms with van der Waals surface area (Å²) in [5, 5.41) is 5.83. The zero-order valence-corrected chi connectivity index (χ0v) is 14.0. The van der Waals surface area contributed by atoms with Crippen molar-refractivity contribution >= 4 is 60.8 Å². The number of aromatic nitrogens is 2. The molecule has 0 atom stereocenters. The number of thiazole rings is 2. The van der Waals surface area contributed by atoms with Gasteiger partial charge in [-0.05, 0) is 12.1 Å². The number of fused-ring (bicyclic) bond motifs is 1. The molecule has 8 heteroatoms. The average molecular weight is 349 g/mol. The maximum Gasteiger partial charge on any atom is 0.236 e. The molecule has 3 rings (SSSR count). The number of amides is 1. The normalized spacial score (nSPS) is 10.8. The number of nitrogens with zero attached hydrogens (tertiary/aromatic N) is 2. The molecule has 0 aliphatic rings. The molecule has 1 aromatic carbocycles. The lowest BCUT2D eigenvalue weighted by molar-refractivity contribution is -0.114. The second-order valence-electron chi connectivity index (χ2n) is 4.35. The molecule has 2 heterocycles. The maximum atomic E-state index is 11.7. The summed E-state index contributed by atoms with van der Waals surface area (Å²) in [5.74, 6) is -0.129. The number of para-hydroxylation sites is 1. The van der Waals surface area contributed by atoms with Crippen LogP contribution in [0.4, 0.5) is 5.13 Å². The van der Waals surface area contributed by atoms with E-state index in [0.717, 1.165) is 32.7 Å². The Kier molecular flexibility index (Phi) is 4.51. The van der Waals surface area contributed by atoms with E-state index < -0.39 is 0 Å². The lowest BCUT2D eigenvalue weighted by Crippen LogP contribution is -2.14. The molecular weight excluding hydrogens is 338 g/mol. The third-order valence-electron chi connectivity index (χ3n) is 2.67. The SMILES string of the molecule is CC(=O)SCC(=O)Nc1nc(-c2nc3ccccc3s2)cs1.